The highest BCUT2D eigenvalue weighted by Gasteiger charge is 2.27. The van der Waals surface area contributed by atoms with E-state index in [2.05, 4.69) is 10.3 Å². The summed E-state index contributed by atoms with van der Waals surface area (Å²) in [5.41, 5.74) is 1.96. The van der Waals surface area contributed by atoms with Gasteiger partial charge in [0, 0.05) is 37.2 Å². The molecule has 0 spiro atoms. The largest absolute Gasteiger partial charge is 0.366 e. The third-order valence-corrected chi connectivity index (χ3v) is 4.37. The summed E-state index contributed by atoms with van der Waals surface area (Å²) in [5.74, 6) is 0. The zero-order valence-corrected chi connectivity index (χ0v) is 12.5. The third kappa shape index (κ3) is 3.01. The van der Waals surface area contributed by atoms with Gasteiger partial charge in [-0.05, 0) is 25.0 Å². The number of pyridine rings is 1. The summed E-state index contributed by atoms with van der Waals surface area (Å²) in [6.07, 6.45) is 11.5. The number of urea groups is 1. The van der Waals surface area contributed by atoms with Crippen LogP contribution < -0.4 is 5.32 Å². The Morgan fingerprint density at radius 2 is 2.19 bits per heavy atom. The van der Waals surface area contributed by atoms with Crippen molar-refractivity contribution in [1.82, 2.24) is 20.1 Å². The van der Waals surface area contributed by atoms with Crippen molar-refractivity contribution in [2.24, 2.45) is 0 Å². The molecule has 0 radical (unpaired) electrons. The van der Waals surface area contributed by atoms with E-state index < -0.39 is 0 Å². The number of rotatable bonds is 2. The van der Waals surface area contributed by atoms with Crippen LogP contribution in [0.1, 0.15) is 37.7 Å². The highest BCUT2D eigenvalue weighted by atomic mass is 16.2. The highest BCUT2D eigenvalue weighted by molar-refractivity contribution is 5.79. The predicted molar refractivity (Wildman–Crippen MR) is 82.1 cm³/mol. The van der Waals surface area contributed by atoms with Crippen LogP contribution in [0, 0.1) is 0 Å². The van der Waals surface area contributed by atoms with E-state index in [1.54, 1.807) is 17.3 Å². The molecule has 21 heavy (non-hydrogen) atoms. The van der Waals surface area contributed by atoms with E-state index in [-0.39, 0.29) is 6.03 Å². The van der Waals surface area contributed by atoms with E-state index in [1.807, 2.05) is 30.3 Å². The molecule has 1 aromatic heterocycles. The maximum absolute atomic E-state index is 12.6. The van der Waals surface area contributed by atoms with Gasteiger partial charge in [-0.25, -0.2) is 4.79 Å². The van der Waals surface area contributed by atoms with Crippen molar-refractivity contribution in [3.63, 3.8) is 0 Å². The van der Waals surface area contributed by atoms with Gasteiger partial charge in [0.15, 0.2) is 0 Å². The van der Waals surface area contributed by atoms with Crippen molar-refractivity contribution in [3.8, 4) is 0 Å². The zero-order chi connectivity index (χ0) is 14.7. The van der Waals surface area contributed by atoms with Gasteiger partial charge in [0.25, 0.3) is 0 Å². The quantitative estimate of drug-likeness (QED) is 0.909. The SMILES string of the molecule is CN(C(=O)N1C=C(c2cccnc2)NC1)C1CCCCC1. The number of carbonyl (C=O) groups is 1. The molecule has 0 atom stereocenters. The molecule has 112 valence electrons. The lowest BCUT2D eigenvalue weighted by atomic mass is 9.95. The Morgan fingerprint density at radius 3 is 2.90 bits per heavy atom. The number of aromatic nitrogens is 1. The van der Waals surface area contributed by atoms with Gasteiger partial charge in [-0.1, -0.05) is 19.3 Å². The minimum Gasteiger partial charge on any atom is -0.366 e. The van der Waals surface area contributed by atoms with Crippen LogP contribution in [0.3, 0.4) is 0 Å². The van der Waals surface area contributed by atoms with Crippen molar-refractivity contribution in [1.29, 1.82) is 0 Å². The Kier molecular flexibility index (Phi) is 4.08. The molecule has 1 saturated carbocycles. The van der Waals surface area contributed by atoms with Crippen molar-refractivity contribution < 1.29 is 4.79 Å². The fraction of sp³-hybridized carbons (Fsp3) is 0.500. The fourth-order valence-electron chi connectivity index (χ4n) is 3.07. The summed E-state index contributed by atoms with van der Waals surface area (Å²) in [7, 11) is 1.92. The van der Waals surface area contributed by atoms with Gasteiger partial charge in [0.05, 0.1) is 12.4 Å². The van der Waals surface area contributed by atoms with Crippen LogP contribution in [0.4, 0.5) is 4.79 Å². The van der Waals surface area contributed by atoms with Crippen molar-refractivity contribution >= 4 is 11.7 Å². The minimum atomic E-state index is 0.0771. The Labute approximate surface area is 125 Å². The first-order valence-electron chi connectivity index (χ1n) is 7.65. The lowest BCUT2D eigenvalue weighted by Gasteiger charge is -2.33. The third-order valence-electron chi connectivity index (χ3n) is 4.37. The second kappa shape index (κ2) is 6.16. The van der Waals surface area contributed by atoms with E-state index in [4.69, 9.17) is 0 Å². The van der Waals surface area contributed by atoms with E-state index in [9.17, 15) is 4.79 Å². The molecule has 2 heterocycles. The molecule has 0 bridgehead atoms. The van der Waals surface area contributed by atoms with Crippen LogP contribution in [0.25, 0.3) is 5.70 Å². The summed E-state index contributed by atoms with van der Waals surface area (Å²) in [6.45, 7) is 0.528. The van der Waals surface area contributed by atoms with Gasteiger partial charge >= 0.3 is 6.03 Å². The summed E-state index contributed by atoms with van der Waals surface area (Å²) >= 11 is 0. The number of nitrogens with one attached hydrogen (secondary N) is 1. The average molecular weight is 286 g/mol. The van der Waals surface area contributed by atoms with Gasteiger partial charge in [0.1, 0.15) is 0 Å². The predicted octanol–water partition coefficient (Wildman–Crippen LogP) is 2.63. The molecule has 1 aliphatic heterocycles. The number of nitrogens with zero attached hydrogens (tertiary/aromatic N) is 3. The maximum atomic E-state index is 12.6. The van der Waals surface area contributed by atoms with E-state index in [0.717, 1.165) is 24.1 Å². The molecule has 5 heteroatoms. The van der Waals surface area contributed by atoms with E-state index in [0.29, 0.717) is 12.7 Å². The highest BCUT2D eigenvalue weighted by Crippen LogP contribution is 2.23. The van der Waals surface area contributed by atoms with Gasteiger partial charge in [-0.15, -0.1) is 0 Å². The monoisotopic (exact) mass is 286 g/mol. The molecule has 0 saturated heterocycles. The molecule has 0 aromatic carbocycles. The van der Waals surface area contributed by atoms with Crippen LogP contribution in [-0.4, -0.2) is 40.6 Å². The van der Waals surface area contributed by atoms with Gasteiger partial charge < -0.3 is 10.2 Å². The number of hydrogen-bond acceptors (Lipinski definition) is 3. The van der Waals surface area contributed by atoms with Crippen LogP contribution in [0.5, 0.6) is 0 Å². The van der Waals surface area contributed by atoms with E-state index >= 15 is 0 Å². The van der Waals surface area contributed by atoms with Crippen LogP contribution >= 0.6 is 0 Å². The maximum Gasteiger partial charge on any atom is 0.325 e. The molecule has 2 aliphatic rings. The summed E-state index contributed by atoms with van der Waals surface area (Å²) in [6, 6.07) is 4.36. The molecule has 1 N–H and O–H groups in total. The Hall–Kier alpha value is -2.04. The zero-order valence-electron chi connectivity index (χ0n) is 12.5. The second-order valence-electron chi connectivity index (χ2n) is 5.77. The number of carbonyl (C=O) groups excluding carboxylic acids is 1. The average Bonchev–Trinajstić information content (AvgIpc) is 3.05. The molecule has 5 nitrogen and oxygen atoms in total. The topological polar surface area (TPSA) is 48.5 Å². The second-order valence-corrected chi connectivity index (χ2v) is 5.77. The Morgan fingerprint density at radius 1 is 1.38 bits per heavy atom. The summed E-state index contributed by atoms with van der Waals surface area (Å²) in [4.78, 5) is 20.3. The molecule has 0 unspecified atom stereocenters. The van der Waals surface area contributed by atoms with Crippen molar-refractivity contribution in [2.75, 3.05) is 13.7 Å². The molecule has 2 amide bonds. The van der Waals surface area contributed by atoms with Gasteiger partial charge in [0.2, 0.25) is 0 Å². The molecular formula is C16H22N4O. The Bertz CT molecular complexity index is 522. The van der Waals surface area contributed by atoms with Crippen molar-refractivity contribution in [3.05, 3.63) is 36.3 Å². The molecule has 1 aliphatic carbocycles. The number of hydrogen-bond donors (Lipinski definition) is 1. The first-order valence-corrected chi connectivity index (χ1v) is 7.65. The van der Waals surface area contributed by atoms with Crippen molar-refractivity contribution in [2.45, 2.75) is 38.1 Å². The van der Waals surface area contributed by atoms with Gasteiger partial charge in [-0.2, -0.15) is 0 Å². The minimum absolute atomic E-state index is 0.0771. The molecular weight excluding hydrogens is 264 g/mol. The smallest absolute Gasteiger partial charge is 0.325 e. The fourth-order valence-corrected chi connectivity index (χ4v) is 3.07. The van der Waals surface area contributed by atoms with Crippen LogP contribution in [0.15, 0.2) is 30.7 Å². The summed E-state index contributed by atoms with van der Waals surface area (Å²) in [5, 5.41) is 3.26. The lowest BCUT2D eigenvalue weighted by Crippen LogP contribution is -2.45. The molecule has 1 fully saturated rings. The molecule has 1 aromatic rings. The molecule has 3 rings (SSSR count). The number of amides is 2. The van der Waals surface area contributed by atoms with Gasteiger partial charge in [-0.3, -0.25) is 9.88 Å². The summed E-state index contributed by atoms with van der Waals surface area (Å²) < 4.78 is 0. The van der Waals surface area contributed by atoms with Crippen LogP contribution in [-0.2, 0) is 0 Å². The first kappa shape index (κ1) is 13.9. The first-order chi connectivity index (χ1) is 10.3. The lowest BCUT2D eigenvalue weighted by molar-refractivity contribution is 0.150. The standard InChI is InChI=1S/C16H22N4O/c1-19(14-7-3-2-4-8-14)16(21)20-11-15(18-12-20)13-6-5-9-17-10-13/h5-6,9-11,14,18H,2-4,7-8,12H2,1H3. The Balaban J connectivity index is 1.67. The van der Waals surface area contributed by atoms with Crippen LogP contribution in [0.2, 0.25) is 0 Å². The van der Waals surface area contributed by atoms with E-state index in [1.165, 1.54) is 19.3 Å². The normalized spacial score (nSPS) is 19.1.